The van der Waals surface area contributed by atoms with Gasteiger partial charge >= 0.3 is 0 Å². The van der Waals surface area contributed by atoms with Gasteiger partial charge in [-0.15, -0.1) is 0 Å². The summed E-state index contributed by atoms with van der Waals surface area (Å²) < 4.78 is 30.7. The Bertz CT molecular complexity index is 1800. The Kier molecular flexibility index (Phi) is 6.20. The summed E-state index contributed by atoms with van der Waals surface area (Å²) in [5, 5.41) is 29.1. The molecule has 0 aliphatic carbocycles. The molecule has 2 N–H and O–H groups in total. The van der Waals surface area contributed by atoms with Gasteiger partial charge in [0.25, 0.3) is 0 Å². The van der Waals surface area contributed by atoms with Crippen LogP contribution in [-0.4, -0.2) is 44.1 Å². The van der Waals surface area contributed by atoms with Crippen molar-refractivity contribution in [2.24, 2.45) is 0 Å². The Hall–Kier alpha value is -4.44. The molecule has 0 saturated heterocycles. The van der Waals surface area contributed by atoms with Crippen LogP contribution < -0.4 is 29.0 Å². The lowest BCUT2D eigenvalue weighted by Crippen LogP contribution is -2.47. The molecule has 6 heterocycles. The van der Waals surface area contributed by atoms with E-state index in [1.165, 1.54) is 0 Å². The number of hydrogen-bond acceptors (Lipinski definition) is 8. The predicted octanol–water partition coefficient (Wildman–Crippen LogP) is 6.63. The number of phenolic OH excluding ortho intramolecular Hbond substituents is 1. The van der Waals surface area contributed by atoms with Gasteiger partial charge in [0.05, 0.1) is 33.4 Å². The third-order valence-electron chi connectivity index (χ3n) is 9.49. The number of rotatable bonds is 2. The molecule has 6 aliphatic rings. The van der Waals surface area contributed by atoms with E-state index in [1.807, 2.05) is 36.4 Å². The lowest BCUT2D eigenvalue weighted by Gasteiger charge is -2.50. The van der Waals surface area contributed by atoms with Gasteiger partial charge in [-0.1, -0.05) is 18.2 Å². The van der Waals surface area contributed by atoms with Crippen LogP contribution in [0.5, 0.6) is 51.7 Å². The number of phenols is 1. The summed E-state index contributed by atoms with van der Waals surface area (Å²) in [7, 11) is 4.94. The molecular formula is C35H34N2O7. The van der Waals surface area contributed by atoms with E-state index in [-0.39, 0.29) is 17.5 Å². The van der Waals surface area contributed by atoms with Gasteiger partial charge in [0.2, 0.25) is 11.5 Å². The monoisotopic (exact) mass is 594 g/mol. The molecular weight excluding hydrogens is 560 g/mol. The number of nitrogens with one attached hydrogen (secondary N) is 1. The molecule has 0 spiro atoms. The molecule has 0 amide bonds. The van der Waals surface area contributed by atoms with Crippen molar-refractivity contribution in [2.45, 2.75) is 37.8 Å². The standard InChI is InChI=1S/C35H34N2O7/c1-37(39)13-11-22-18-29(41-3)33-35-31(22)25(37)15-20-6-9-27(40-2)28(16-20)42-23-7-4-19(5-8-23)14-24-30-21(10-12-36-24)17-26(38)32(43-35)34(30)44-33/h4-9,16-18,24-25,36,38H,10-15H2,1-3H3/t24-,25+,37?/m0/s1. The van der Waals surface area contributed by atoms with Crippen molar-refractivity contribution in [2.75, 3.05) is 34.4 Å². The predicted molar refractivity (Wildman–Crippen MR) is 163 cm³/mol. The molecule has 6 aliphatic heterocycles. The quantitative estimate of drug-likeness (QED) is 0.174. The minimum absolute atomic E-state index is 0.0176. The number of aromatic hydroxyl groups is 1. The molecule has 3 atom stereocenters. The largest absolute Gasteiger partial charge is 0.633 e. The van der Waals surface area contributed by atoms with Gasteiger partial charge in [0.1, 0.15) is 11.8 Å². The molecule has 4 aromatic carbocycles. The summed E-state index contributed by atoms with van der Waals surface area (Å²) in [6.07, 6.45) is 2.41. The molecule has 4 aromatic rings. The van der Waals surface area contributed by atoms with Crippen LogP contribution in [0.2, 0.25) is 0 Å². The second-order valence-electron chi connectivity index (χ2n) is 12.2. The van der Waals surface area contributed by atoms with E-state index in [4.69, 9.17) is 23.7 Å². The van der Waals surface area contributed by atoms with Gasteiger partial charge in [-0.3, -0.25) is 0 Å². The number of quaternary nitrogens is 1. The number of likely N-dealkylation sites (N-methyl/N-ethyl adjacent to an activating group) is 1. The van der Waals surface area contributed by atoms with Crippen molar-refractivity contribution in [3.05, 3.63) is 93.2 Å². The van der Waals surface area contributed by atoms with Crippen molar-refractivity contribution in [3.8, 4) is 51.7 Å². The van der Waals surface area contributed by atoms with Gasteiger partial charge in [-0.05, 0) is 78.0 Å². The van der Waals surface area contributed by atoms with E-state index in [0.29, 0.717) is 66.1 Å². The maximum absolute atomic E-state index is 14.2. The average molecular weight is 595 g/mol. The summed E-state index contributed by atoms with van der Waals surface area (Å²) >= 11 is 0. The van der Waals surface area contributed by atoms with Crippen molar-refractivity contribution < 1.29 is 33.4 Å². The smallest absolute Gasteiger partial charge is 0.212 e. The van der Waals surface area contributed by atoms with E-state index in [9.17, 15) is 10.3 Å². The number of hydroxylamine groups is 3. The van der Waals surface area contributed by atoms with E-state index in [0.717, 1.165) is 46.3 Å². The summed E-state index contributed by atoms with van der Waals surface area (Å²) in [6, 6.07) is 17.0. The van der Waals surface area contributed by atoms with Crippen molar-refractivity contribution >= 4 is 0 Å². The highest BCUT2D eigenvalue weighted by Crippen LogP contribution is 2.60. The number of ether oxygens (including phenoxy) is 5. The summed E-state index contributed by atoms with van der Waals surface area (Å²) in [6.45, 7) is 1.16. The second kappa shape index (κ2) is 10.1. The fourth-order valence-electron chi connectivity index (χ4n) is 7.22. The summed E-state index contributed by atoms with van der Waals surface area (Å²) in [4.78, 5) is 0. The lowest BCUT2D eigenvalue weighted by molar-refractivity contribution is -0.894. The second-order valence-corrected chi connectivity index (χ2v) is 12.2. The molecule has 0 saturated carbocycles. The Labute approximate surface area is 255 Å². The van der Waals surface area contributed by atoms with E-state index >= 15 is 0 Å². The molecule has 10 rings (SSSR count). The van der Waals surface area contributed by atoms with Gasteiger partial charge < -0.3 is 44.0 Å². The SMILES string of the molecule is COc1ccc2cc1Oc1ccc(cc1)C[C@@H]1NCCc3cc(O)c4c(c31)Oc1c(OC)cc3c(c1O4)[C@@H](C2)[N+](C)([O-])CC3. The molecule has 0 fully saturated rings. The fourth-order valence-corrected chi connectivity index (χ4v) is 7.22. The molecule has 44 heavy (non-hydrogen) atoms. The minimum atomic E-state index is -0.517. The number of nitrogens with zero attached hydrogens (tertiary/aromatic N) is 1. The fraction of sp³-hybridized carbons (Fsp3) is 0.314. The van der Waals surface area contributed by atoms with Gasteiger partial charge in [0.15, 0.2) is 34.5 Å². The zero-order valence-corrected chi connectivity index (χ0v) is 24.9. The van der Waals surface area contributed by atoms with Gasteiger partial charge in [0, 0.05) is 24.4 Å². The molecule has 226 valence electrons. The Balaban J connectivity index is 1.38. The highest BCUT2D eigenvalue weighted by atomic mass is 16.6. The molecule has 10 bridgehead atoms. The molecule has 9 heteroatoms. The topological polar surface area (TPSA) is 101 Å². The van der Waals surface area contributed by atoms with E-state index in [2.05, 4.69) is 17.4 Å². The van der Waals surface area contributed by atoms with E-state index < -0.39 is 10.7 Å². The first-order valence-corrected chi connectivity index (χ1v) is 15.0. The first-order chi connectivity index (χ1) is 21.3. The molecule has 9 nitrogen and oxygen atoms in total. The van der Waals surface area contributed by atoms with Gasteiger partial charge in [-0.25, -0.2) is 0 Å². The van der Waals surface area contributed by atoms with Crippen LogP contribution in [0.1, 0.15) is 45.5 Å². The molecule has 0 aromatic heterocycles. The maximum Gasteiger partial charge on any atom is 0.212 e. The average Bonchev–Trinajstić information content (AvgIpc) is 3.02. The zero-order valence-electron chi connectivity index (χ0n) is 24.9. The Morgan fingerprint density at radius 2 is 1.52 bits per heavy atom. The molecule has 1 unspecified atom stereocenters. The van der Waals surface area contributed by atoms with Crippen LogP contribution in [0.3, 0.4) is 0 Å². The van der Waals surface area contributed by atoms with Crippen LogP contribution >= 0.6 is 0 Å². The van der Waals surface area contributed by atoms with Crippen molar-refractivity contribution in [3.63, 3.8) is 0 Å². The lowest BCUT2D eigenvalue weighted by atomic mass is 9.86. The third kappa shape index (κ3) is 4.26. The van der Waals surface area contributed by atoms with Crippen LogP contribution in [0.4, 0.5) is 0 Å². The van der Waals surface area contributed by atoms with Crippen LogP contribution in [0.15, 0.2) is 54.6 Å². The number of benzene rings is 4. The van der Waals surface area contributed by atoms with Crippen LogP contribution in [0.25, 0.3) is 0 Å². The maximum atomic E-state index is 14.2. The third-order valence-corrected chi connectivity index (χ3v) is 9.49. The van der Waals surface area contributed by atoms with Crippen LogP contribution in [-0.2, 0) is 25.7 Å². The summed E-state index contributed by atoms with van der Waals surface area (Å²) in [5.74, 6) is 4.03. The van der Waals surface area contributed by atoms with Crippen molar-refractivity contribution in [1.29, 1.82) is 0 Å². The van der Waals surface area contributed by atoms with Crippen molar-refractivity contribution in [1.82, 2.24) is 5.32 Å². The number of fused-ring (bicyclic) bond motifs is 1. The zero-order chi connectivity index (χ0) is 30.2. The first-order valence-electron chi connectivity index (χ1n) is 15.0. The van der Waals surface area contributed by atoms with Crippen LogP contribution in [0, 0.1) is 5.21 Å². The van der Waals surface area contributed by atoms with Gasteiger partial charge in [-0.2, -0.15) is 0 Å². The Morgan fingerprint density at radius 1 is 0.795 bits per heavy atom. The normalized spacial score (nSPS) is 22.6. The highest BCUT2D eigenvalue weighted by molar-refractivity contribution is 5.71. The summed E-state index contributed by atoms with van der Waals surface area (Å²) in [5.41, 5.74) is 5.75. The highest BCUT2D eigenvalue weighted by Gasteiger charge is 2.42. The number of hydrogen-bond donors (Lipinski definition) is 2. The minimum Gasteiger partial charge on any atom is -0.633 e. The first kappa shape index (κ1) is 27.1. The Morgan fingerprint density at radius 3 is 2.32 bits per heavy atom. The number of methoxy groups -OCH3 is 2. The van der Waals surface area contributed by atoms with E-state index in [1.54, 1.807) is 27.3 Å². The molecule has 0 radical (unpaired) electrons.